The van der Waals surface area contributed by atoms with Crippen LogP contribution in [0.4, 0.5) is 0 Å². The van der Waals surface area contributed by atoms with Crippen molar-refractivity contribution in [1.29, 1.82) is 0 Å². The van der Waals surface area contributed by atoms with Crippen LogP contribution in [0.25, 0.3) is 0 Å². The second-order valence-corrected chi connectivity index (χ2v) is 6.68. The minimum atomic E-state index is 0.359. The third kappa shape index (κ3) is 4.82. The Kier molecular flexibility index (Phi) is 6.54. The fourth-order valence-corrected chi connectivity index (χ4v) is 2.81. The molecule has 0 spiro atoms. The van der Waals surface area contributed by atoms with Crippen LogP contribution < -0.4 is 0 Å². The summed E-state index contributed by atoms with van der Waals surface area (Å²) in [5.41, 5.74) is 3.51. The Balaban J connectivity index is 3.09. The number of nitrogens with zero attached hydrogens (tertiary/aromatic N) is 1. The van der Waals surface area contributed by atoms with E-state index < -0.39 is 0 Å². The Bertz CT molecular complexity index is 424. The maximum Gasteiger partial charge on any atom is 0.122 e. The van der Waals surface area contributed by atoms with Gasteiger partial charge in [-0.05, 0) is 49.0 Å². The van der Waals surface area contributed by atoms with Crippen LogP contribution in [0.15, 0.2) is 12.1 Å². The van der Waals surface area contributed by atoms with Crippen LogP contribution in [0.2, 0.25) is 0 Å². The fraction of sp³-hybridized carbons (Fsp3) is 0.667. The highest BCUT2D eigenvalue weighted by Gasteiger charge is 2.15. The van der Waals surface area contributed by atoms with Crippen LogP contribution in [-0.2, 0) is 13.0 Å². The molecule has 1 aromatic rings. The van der Waals surface area contributed by atoms with Crippen LogP contribution in [0.1, 0.15) is 63.1 Å². The van der Waals surface area contributed by atoms with Gasteiger partial charge in [0.05, 0.1) is 0 Å². The lowest BCUT2D eigenvalue weighted by Crippen LogP contribution is -2.12. The predicted molar refractivity (Wildman–Crippen MR) is 87.4 cm³/mol. The minimum absolute atomic E-state index is 0.359. The van der Waals surface area contributed by atoms with Gasteiger partial charge in [0, 0.05) is 6.54 Å². The molecular weight excluding hydrogens is 246 g/mol. The van der Waals surface area contributed by atoms with Gasteiger partial charge >= 0.3 is 0 Å². The quantitative estimate of drug-likeness (QED) is 0.790. The van der Waals surface area contributed by atoms with Crippen molar-refractivity contribution < 1.29 is 5.11 Å². The molecule has 114 valence electrons. The highest BCUT2D eigenvalue weighted by atomic mass is 16.3. The summed E-state index contributed by atoms with van der Waals surface area (Å²) < 4.78 is 0. The van der Waals surface area contributed by atoms with E-state index in [1.54, 1.807) is 0 Å². The number of phenols is 1. The van der Waals surface area contributed by atoms with Crippen molar-refractivity contribution in [3.63, 3.8) is 0 Å². The molecule has 2 nitrogen and oxygen atoms in total. The summed E-state index contributed by atoms with van der Waals surface area (Å²) in [4.78, 5) is 2.18. The smallest absolute Gasteiger partial charge is 0.122 e. The summed E-state index contributed by atoms with van der Waals surface area (Å²) in [6.45, 7) is 9.71. The molecule has 1 atom stereocenters. The van der Waals surface area contributed by atoms with Gasteiger partial charge in [0.15, 0.2) is 0 Å². The van der Waals surface area contributed by atoms with E-state index in [0.29, 0.717) is 17.6 Å². The van der Waals surface area contributed by atoms with E-state index in [2.05, 4.69) is 58.8 Å². The molecule has 1 N–H and O–H groups in total. The number of aromatic hydroxyl groups is 1. The molecule has 1 unspecified atom stereocenters. The lowest BCUT2D eigenvalue weighted by molar-refractivity contribution is 0.400. The van der Waals surface area contributed by atoms with Gasteiger partial charge in [-0.15, -0.1) is 0 Å². The average molecular weight is 277 g/mol. The zero-order valence-electron chi connectivity index (χ0n) is 14.0. The van der Waals surface area contributed by atoms with Gasteiger partial charge in [-0.1, -0.05) is 52.7 Å². The Morgan fingerprint density at radius 3 is 2.30 bits per heavy atom. The minimum Gasteiger partial charge on any atom is -0.507 e. The average Bonchev–Trinajstić information content (AvgIpc) is 2.32. The SMILES string of the molecule is CCCC(C)Cc1cc(CN(C)C)cc(C(C)C)c1O. The van der Waals surface area contributed by atoms with Crippen molar-refractivity contribution >= 4 is 0 Å². The Morgan fingerprint density at radius 1 is 1.15 bits per heavy atom. The molecule has 0 saturated heterocycles. The summed E-state index contributed by atoms with van der Waals surface area (Å²) >= 11 is 0. The van der Waals surface area contributed by atoms with Gasteiger partial charge in [0.25, 0.3) is 0 Å². The number of hydrogen-bond acceptors (Lipinski definition) is 2. The third-order valence-electron chi connectivity index (χ3n) is 3.75. The molecule has 1 aromatic carbocycles. The first-order valence-corrected chi connectivity index (χ1v) is 7.84. The van der Waals surface area contributed by atoms with E-state index in [0.717, 1.165) is 24.1 Å². The van der Waals surface area contributed by atoms with Gasteiger partial charge in [0.1, 0.15) is 5.75 Å². The van der Waals surface area contributed by atoms with E-state index in [1.165, 1.54) is 18.4 Å². The maximum absolute atomic E-state index is 10.5. The third-order valence-corrected chi connectivity index (χ3v) is 3.75. The van der Waals surface area contributed by atoms with Crippen LogP contribution in [-0.4, -0.2) is 24.1 Å². The molecule has 0 aliphatic rings. The highest BCUT2D eigenvalue weighted by molar-refractivity contribution is 5.45. The number of phenolic OH excluding ortho intramolecular Hbond substituents is 1. The maximum atomic E-state index is 10.5. The fourth-order valence-electron chi connectivity index (χ4n) is 2.81. The van der Waals surface area contributed by atoms with Crippen molar-refractivity contribution in [2.45, 2.75) is 59.4 Å². The Hall–Kier alpha value is -1.02. The second-order valence-electron chi connectivity index (χ2n) is 6.68. The monoisotopic (exact) mass is 277 g/mol. The second kappa shape index (κ2) is 7.68. The van der Waals surface area contributed by atoms with E-state index in [1.807, 2.05) is 0 Å². The molecule has 0 aliphatic carbocycles. The first kappa shape index (κ1) is 17.0. The molecule has 0 saturated carbocycles. The van der Waals surface area contributed by atoms with Gasteiger partial charge in [-0.3, -0.25) is 0 Å². The van der Waals surface area contributed by atoms with Gasteiger partial charge in [0.2, 0.25) is 0 Å². The topological polar surface area (TPSA) is 23.5 Å². The first-order valence-electron chi connectivity index (χ1n) is 7.84. The zero-order valence-corrected chi connectivity index (χ0v) is 14.0. The first-order chi connectivity index (χ1) is 9.35. The Labute approximate surface area is 124 Å². The molecule has 0 aliphatic heterocycles. The van der Waals surface area contributed by atoms with Crippen molar-refractivity contribution in [3.05, 3.63) is 28.8 Å². The summed E-state index contributed by atoms with van der Waals surface area (Å²) in [5.74, 6) is 1.50. The Morgan fingerprint density at radius 2 is 1.80 bits per heavy atom. The molecule has 1 rings (SSSR count). The molecule has 20 heavy (non-hydrogen) atoms. The van der Waals surface area contributed by atoms with E-state index >= 15 is 0 Å². The molecule has 0 radical (unpaired) electrons. The largest absolute Gasteiger partial charge is 0.507 e. The lowest BCUT2D eigenvalue weighted by Gasteiger charge is -2.19. The lowest BCUT2D eigenvalue weighted by atomic mass is 9.90. The van der Waals surface area contributed by atoms with E-state index in [-0.39, 0.29) is 0 Å². The van der Waals surface area contributed by atoms with Crippen molar-refractivity contribution in [1.82, 2.24) is 4.90 Å². The van der Waals surface area contributed by atoms with Crippen LogP contribution >= 0.6 is 0 Å². The van der Waals surface area contributed by atoms with Crippen LogP contribution in [0, 0.1) is 5.92 Å². The van der Waals surface area contributed by atoms with Crippen molar-refractivity contribution in [3.8, 4) is 5.75 Å². The number of rotatable bonds is 7. The molecule has 2 heteroatoms. The predicted octanol–water partition coefficient (Wildman–Crippen LogP) is 4.56. The van der Waals surface area contributed by atoms with Gasteiger partial charge < -0.3 is 10.0 Å². The summed E-state index contributed by atoms with van der Waals surface area (Å²) in [6.07, 6.45) is 3.39. The number of benzene rings is 1. The van der Waals surface area contributed by atoms with Crippen LogP contribution in [0.3, 0.4) is 0 Å². The molecule has 0 fully saturated rings. The van der Waals surface area contributed by atoms with Gasteiger partial charge in [-0.25, -0.2) is 0 Å². The zero-order chi connectivity index (χ0) is 15.3. The normalized spacial score (nSPS) is 13.2. The molecule has 0 bridgehead atoms. The van der Waals surface area contributed by atoms with Gasteiger partial charge in [-0.2, -0.15) is 0 Å². The number of hydrogen-bond donors (Lipinski definition) is 1. The standard InChI is InChI=1S/C18H31NO/c1-7-8-14(4)9-16-10-15(12-19(5)6)11-17(13(2)3)18(16)20/h10-11,13-14,20H,7-9,12H2,1-6H3. The summed E-state index contributed by atoms with van der Waals surface area (Å²) in [7, 11) is 4.17. The van der Waals surface area contributed by atoms with Crippen LogP contribution in [0.5, 0.6) is 5.75 Å². The van der Waals surface area contributed by atoms with Crippen molar-refractivity contribution in [2.75, 3.05) is 14.1 Å². The molecule has 0 heterocycles. The molecule has 0 aromatic heterocycles. The van der Waals surface area contributed by atoms with Crippen molar-refractivity contribution in [2.24, 2.45) is 5.92 Å². The molecular formula is C18H31NO. The highest BCUT2D eigenvalue weighted by Crippen LogP contribution is 2.33. The molecule has 0 amide bonds. The summed E-state index contributed by atoms with van der Waals surface area (Å²) in [5, 5.41) is 10.5. The summed E-state index contributed by atoms with van der Waals surface area (Å²) in [6, 6.07) is 4.35. The van der Waals surface area contributed by atoms with E-state index in [9.17, 15) is 5.11 Å². The van der Waals surface area contributed by atoms with E-state index in [4.69, 9.17) is 0 Å².